The Morgan fingerprint density at radius 2 is 1.73 bits per heavy atom. The Labute approximate surface area is 133 Å². The average molecular weight is 295 g/mol. The monoisotopic (exact) mass is 295 g/mol. The lowest BCUT2D eigenvalue weighted by molar-refractivity contribution is 0.103. The fourth-order valence-corrected chi connectivity index (χ4v) is 3.13. The van der Waals surface area contributed by atoms with Crippen molar-refractivity contribution >= 4 is 0 Å². The second-order valence-corrected chi connectivity index (χ2v) is 6.03. The van der Waals surface area contributed by atoms with Gasteiger partial charge in [0.25, 0.3) is 0 Å². The largest absolute Gasteiger partial charge is 0.378 e. The highest BCUT2D eigenvalue weighted by Crippen LogP contribution is 2.20. The highest BCUT2D eigenvalue weighted by molar-refractivity contribution is 5.23. The van der Waals surface area contributed by atoms with Gasteiger partial charge in [-0.1, -0.05) is 60.7 Å². The molecule has 2 aromatic rings. The summed E-state index contributed by atoms with van der Waals surface area (Å²) in [5.74, 6) is 0. The van der Waals surface area contributed by atoms with Crippen LogP contribution in [0, 0.1) is 0 Å². The lowest BCUT2D eigenvalue weighted by atomic mass is 9.98. The summed E-state index contributed by atoms with van der Waals surface area (Å²) in [6.07, 6.45) is 5.03. The van der Waals surface area contributed by atoms with Gasteiger partial charge in [0.1, 0.15) is 0 Å². The molecule has 1 saturated heterocycles. The zero-order valence-corrected chi connectivity index (χ0v) is 13.1. The fraction of sp³-hybridized carbons (Fsp3) is 0.400. The van der Waals surface area contributed by atoms with E-state index in [2.05, 4.69) is 66.0 Å². The predicted octanol–water partition coefficient (Wildman–Crippen LogP) is 4.13. The molecule has 0 spiro atoms. The van der Waals surface area contributed by atoms with Crippen molar-refractivity contribution in [1.82, 2.24) is 5.32 Å². The molecule has 1 fully saturated rings. The van der Waals surface area contributed by atoms with E-state index in [4.69, 9.17) is 4.74 Å². The number of benzene rings is 2. The molecule has 3 rings (SSSR count). The van der Waals surface area contributed by atoms with Crippen molar-refractivity contribution in [1.29, 1.82) is 0 Å². The molecular formula is C20H25NO. The minimum Gasteiger partial charge on any atom is -0.378 e. The van der Waals surface area contributed by atoms with E-state index in [0.717, 1.165) is 26.0 Å². The van der Waals surface area contributed by atoms with Crippen LogP contribution in [-0.4, -0.2) is 19.3 Å². The normalized spacial score (nSPS) is 19.2. The van der Waals surface area contributed by atoms with E-state index in [1.807, 2.05) is 0 Å². The fourth-order valence-electron chi connectivity index (χ4n) is 3.13. The van der Waals surface area contributed by atoms with Crippen LogP contribution < -0.4 is 5.32 Å². The van der Waals surface area contributed by atoms with Gasteiger partial charge in [0.05, 0.1) is 6.10 Å². The van der Waals surface area contributed by atoms with E-state index in [9.17, 15) is 0 Å². The van der Waals surface area contributed by atoms with Gasteiger partial charge >= 0.3 is 0 Å². The van der Waals surface area contributed by atoms with Crippen LogP contribution in [0.2, 0.25) is 0 Å². The van der Waals surface area contributed by atoms with Crippen LogP contribution in [0.15, 0.2) is 60.7 Å². The van der Waals surface area contributed by atoms with E-state index < -0.39 is 0 Å². The number of nitrogens with one attached hydrogen (secondary N) is 1. The number of hydrogen-bond acceptors (Lipinski definition) is 2. The lowest BCUT2D eigenvalue weighted by Crippen LogP contribution is -2.26. The second kappa shape index (κ2) is 8.11. The summed E-state index contributed by atoms with van der Waals surface area (Å²) in [5, 5.41) is 3.73. The topological polar surface area (TPSA) is 21.3 Å². The van der Waals surface area contributed by atoms with E-state index in [1.54, 1.807) is 0 Å². The quantitative estimate of drug-likeness (QED) is 0.829. The van der Waals surface area contributed by atoms with Crippen molar-refractivity contribution in [3.05, 3.63) is 71.8 Å². The predicted molar refractivity (Wildman–Crippen MR) is 90.9 cm³/mol. The summed E-state index contributed by atoms with van der Waals surface area (Å²) in [4.78, 5) is 0. The van der Waals surface area contributed by atoms with Crippen molar-refractivity contribution in [2.45, 2.75) is 37.8 Å². The number of ether oxygens (including phenoxy) is 1. The summed E-state index contributed by atoms with van der Waals surface area (Å²) < 4.78 is 5.72. The standard InChI is InChI=1S/C20H25NO/c1-3-8-17(9-4-1)16-20(18-10-5-2-6-11-18)21-14-13-19-12-7-15-22-19/h1-6,8-11,19-21H,7,12-16H2/t19-,20-/m0/s1. The molecule has 0 aromatic heterocycles. The third-order valence-corrected chi connectivity index (χ3v) is 4.37. The Morgan fingerprint density at radius 1 is 1.00 bits per heavy atom. The van der Waals surface area contributed by atoms with E-state index in [1.165, 1.54) is 24.0 Å². The zero-order valence-electron chi connectivity index (χ0n) is 13.1. The minimum atomic E-state index is 0.366. The Balaban J connectivity index is 1.61. The number of rotatable bonds is 7. The van der Waals surface area contributed by atoms with Gasteiger partial charge in [0.2, 0.25) is 0 Å². The van der Waals surface area contributed by atoms with Gasteiger partial charge in [0, 0.05) is 12.6 Å². The van der Waals surface area contributed by atoms with Crippen LogP contribution in [0.3, 0.4) is 0 Å². The summed E-state index contributed by atoms with van der Waals surface area (Å²) in [6, 6.07) is 21.8. The molecule has 22 heavy (non-hydrogen) atoms. The zero-order chi connectivity index (χ0) is 15.0. The van der Waals surface area contributed by atoms with Crippen LogP contribution in [0.4, 0.5) is 0 Å². The molecule has 2 atom stereocenters. The molecular weight excluding hydrogens is 270 g/mol. The Bertz CT molecular complexity index is 534. The maximum absolute atomic E-state index is 5.72. The van der Waals surface area contributed by atoms with Crippen molar-refractivity contribution in [3.8, 4) is 0 Å². The van der Waals surface area contributed by atoms with E-state index in [-0.39, 0.29) is 0 Å². The lowest BCUT2D eigenvalue weighted by Gasteiger charge is -2.20. The summed E-state index contributed by atoms with van der Waals surface area (Å²) in [7, 11) is 0. The van der Waals surface area contributed by atoms with Crippen molar-refractivity contribution in [2.24, 2.45) is 0 Å². The molecule has 2 nitrogen and oxygen atoms in total. The Kier molecular flexibility index (Phi) is 5.63. The average Bonchev–Trinajstić information content (AvgIpc) is 3.09. The maximum atomic E-state index is 5.72. The van der Waals surface area contributed by atoms with Gasteiger partial charge in [-0.15, -0.1) is 0 Å². The van der Waals surface area contributed by atoms with Crippen LogP contribution in [0.25, 0.3) is 0 Å². The molecule has 0 amide bonds. The Morgan fingerprint density at radius 3 is 2.41 bits per heavy atom. The molecule has 0 aliphatic carbocycles. The van der Waals surface area contributed by atoms with Crippen molar-refractivity contribution in [2.75, 3.05) is 13.2 Å². The highest BCUT2D eigenvalue weighted by atomic mass is 16.5. The SMILES string of the molecule is c1ccc(C[C@H](NCC[C@@H]2CCCO2)c2ccccc2)cc1. The molecule has 2 aromatic carbocycles. The molecule has 1 N–H and O–H groups in total. The van der Waals surface area contributed by atoms with Crippen LogP contribution in [0.1, 0.15) is 36.4 Å². The third kappa shape index (κ3) is 4.43. The summed E-state index contributed by atoms with van der Waals surface area (Å²) in [6.45, 7) is 1.95. The van der Waals surface area contributed by atoms with Crippen LogP contribution in [0.5, 0.6) is 0 Å². The molecule has 0 unspecified atom stereocenters. The second-order valence-electron chi connectivity index (χ2n) is 6.03. The molecule has 1 aliphatic rings. The van der Waals surface area contributed by atoms with Gasteiger partial charge in [-0.3, -0.25) is 0 Å². The number of hydrogen-bond donors (Lipinski definition) is 1. The molecule has 116 valence electrons. The molecule has 0 bridgehead atoms. The summed E-state index contributed by atoms with van der Waals surface area (Å²) >= 11 is 0. The smallest absolute Gasteiger partial charge is 0.0588 e. The van der Waals surface area contributed by atoms with Gasteiger partial charge in [0.15, 0.2) is 0 Å². The first-order chi connectivity index (χ1) is 10.9. The molecule has 1 aliphatic heterocycles. The van der Waals surface area contributed by atoms with Gasteiger partial charge in [-0.25, -0.2) is 0 Å². The molecule has 0 radical (unpaired) electrons. The first kappa shape index (κ1) is 15.3. The van der Waals surface area contributed by atoms with Crippen molar-refractivity contribution in [3.63, 3.8) is 0 Å². The Hall–Kier alpha value is -1.64. The molecule has 2 heteroatoms. The molecule has 0 saturated carbocycles. The first-order valence-corrected chi connectivity index (χ1v) is 8.35. The van der Waals surface area contributed by atoms with Gasteiger partial charge in [-0.2, -0.15) is 0 Å². The van der Waals surface area contributed by atoms with Crippen LogP contribution in [-0.2, 0) is 11.2 Å². The first-order valence-electron chi connectivity index (χ1n) is 8.35. The van der Waals surface area contributed by atoms with Crippen LogP contribution >= 0.6 is 0 Å². The summed E-state index contributed by atoms with van der Waals surface area (Å²) in [5.41, 5.74) is 2.74. The van der Waals surface area contributed by atoms with Gasteiger partial charge < -0.3 is 10.1 Å². The van der Waals surface area contributed by atoms with Crippen molar-refractivity contribution < 1.29 is 4.74 Å². The molecule has 1 heterocycles. The van der Waals surface area contributed by atoms with E-state index in [0.29, 0.717) is 12.1 Å². The van der Waals surface area contributed by atoms with E-state index >= 15 is 0 Å². The van der Waals surface area contributed by atoms with Gasteiger partial charge in [-0.05, 0) is 43.4 Å². The minimum absolute atomic E-state index is 0.366. The highest BCUT2D eigenvalue weighted by Gasteiger charge is 2.16. The third-order valence-electron chi connectivity index (χ3n) is 4.37. The maximum Gasteiger partial charge on any atom is 0.0588 e.